The van der Waals surface area contributed by atoms with Crippen LogP contribution in [0, 0.1) is 23.2 Å². The average Bonchev–Trinajstić information content (AvgIpc) is 2.56. The molecule has 138 valence electrons. The first kappa shape index (κ1) is 20.7. The summed E-state index contributed by atoms with van der Waals surface area (Å²) in [6.45, 7) is 15.0. The molecule has 0 spiro atoms. The van der Waals surface area contributed by atoms with E-state index in [1.807, 2.05) is 34.6 Å². The van der Waals surface area contributed by atoms with Crippen LogP contribution in [0.3, 0.4) is 0 Å². The molecule has 0 N–H and O–H groups in total. The van der Waals surface area contributed by atoms with Gasteiger partial charge in [0.2, 0.25) is 0 Å². The highest BCUT2D eigenvalue weighted by atomic mass is 16.5. The Morgan fingerprint density at radius 2 is 1.58 bits per heavy atom. The number of allylic oxidation sites excluding steroid dienone is 1. The molecule has 1 fully saturated rings. The summed E-state index contributed by atoms with van der Waals surface area (Å²) in [5.41, 5.74) is 2.44. The van der Waals surface area contributed by atoms with Gasteiger partial charge in [-0.25, -0.2) is 0 Å². The quantitative estimate of drug-likeness (QED) is 0.482. The van der Waals surface area contributed by atoms with Gasteiger partial charge in [-0.15, -0.1) is 0 Å². The molecule has 24 heavy (non-hydrogen) atoms. The fraction of sp³-hybridized carbons (Fsp3) is 0.800. The monoisotopic (exact) mass is 338 g/mol. The Morgan fingerprint density at radius 1 is 1.08 bits per heavy atom. The molecule has 0 aromatic carbocycles. The van der Waals surface area contributed by atoms with Crippen molar-refractivity contribution in [1.82, 2.24) is 0 Å². The lowest BCUT2D eigenvalue weighted by molar-refractivity contribution is -0.152. The van der Waals surface area contributed by atoms with Gasteiger partial charge in [-0.1, -0.05) is 47.1 Å². The molecule has 0 radical (unpaired) electrons. The van der Waals surface area contributed by atoms with Crippen molar-refractivity contribution >= 4 is 11.9 Å². The largest absolute Gasteiger partial charge is 0.465 e. The van der Waals surface area contributed by atoms with Crippen molar-refractivity contribution < 1.29 is 19.1 Å². The molecule has 0 aromatic heterocycles. The van der Waals surface area contributed by atoms with Crippen LogP contribution >= 0.6 is 0 Å². The van der Waals surface area contributed by atoms with Gasteiger partial charge in [0.1, 0.15) is 6.61 Å². The van der Waals surface area contributed by atoms with Crippen LogP contribution in [-0.4, -0.2) is 25.2 Å². The van der Waals surface area contributed by atoms with E-state index in [1.54, 1.807) is 0 Å². The Bertz CT molecular complexity index is 490. The van der Waals surface area contributed by atoms with E-state index >= 15 is 0 Å². The standard InChI is InChI=1S/C20H34O4/c1-8-13(3)18(21)23-11-15(5)17-10-16(20(17,6)7)12-24-19(22)14(4)9-2/h13-14,16H,8-12H2,1-7H3. The number of carbonyl (C=O) groups is 2. The molecular weight excluding hydrogens is 304 g/mol. The van der Waals surface area contributed by atoms with E-state index in [0.29, 0.717) is 19.1 Å². The van der Waals surface area contributed by atoms with Crippen LogP contribution in [0.5, 0.6) is 0 Å². The van der Waals surface area contributed by atoms with E-state index in [9.17, 15) is 9.59 Å². The molecule has 0 amide bonds. The average molecular weight is 338 g/mol. The minimum Gasteiger partial charge on any atom is -0.465 e. The molecule has 3 atom stereocenters. The van der Waals surface area contributed by atoms with Crippen LogP contribution in [0.4, 0.5) is 0 Å². The first-order valence-corrected chi connectivity index (χ1v) is 9.17. The van der Waals surface area contributed by atoms with Crippen molar-refractivity contribution in [2.24, 2.45) is 23.2 Å². The lowest BCUT2D eigenvalue weighted by atomic mass is 9.58. The van der Waals surface area contributed by atoms with Crippen molar-refractivity contribution in [2.75, 3.05) is 13.2 Å². The highest BCUT2D eigenvalue weighted by Gasteiger charge is 2.45. The second kappa shape index (κ2) is 8.68. The smallest absolute Gasteiger partial charge is 0.308 e. The van der Waals surface area contributed by atoms with Crippen molar-refractivity contribution in [3.8, 4) is 0 Å². The second-order valence-corrected chi connectivity index (χ2v) is 7.74. The molecule has 1 rings (SSSR count). The topological polar surface area (TPSA) is 52.6 Å². The lowest BCUT2D eigenvalue weighted by Gasteiger charge is -2.48. The SMILES string of the molecule is CCC(C)C(=O)OCC(C)=C1CC(COC(=O)C(C)CC)C1(C)C. The fourth-order valence-corrected chi connectivity index (χ4v) is 2.94. The maximum Gasteiger partial charge on any atom is 0.308 e. The van der Waals surface area contributed by atoms with E-state index in [4.69, 9.17) is 9.47 Å². The number of carbonyl (C=O) groups excluding carboxylic acids is 2. The number of rotatable bonds is 8. The molecule has 1 aliphatic rings. The zero-order valence-electron chi connectivity index (χ0n) is 16.4. The number of ether oxygens (including phenoxy) is 2. The van der Waals surface area contributed by atoms with Crippen molar-refractivity contribution in [1.29, 1.82) is 0 Å². The zero-order valence-corrected chi connectivity index (χ0v) is 16.4. The Morgan fingerprint density at radius 3 is 2.04 bits per heavy atom. The van der Waals surface area contributed by atoms with E-state index in [2.05, 4.69) is 13.8 Å². The predicted molar refractivity (Wildman–Crippen MR) is 95.4 cm³/mol. The van der Waals surface area contributed by atoms with Crippen LogP contribution in [0.15, 0.2) is 11.1 Å². The predicted octanol–water partition coefficient (Wildman–Crippen LogP) is 4.53. The molecule has 4 nitrogen and oxygen atoms in total. The Balaban J connectivity index is 2.55. The van der Waals surface area contributed by atoms with Gasteiger partial charge in [0.05, 0.1) is 18.4 Å². The number of esters is 2. The van der Waals surface area contributed by atoms with Crippen molar-refractivity contribution in [3.05, 3.63) is 11.1 Å². The normalized spacial score (nSPS) is 23.7. The molecule has 0 aromatic rings. The highest BCUT2D eigenvalue weighted by molar-refractivity contribution is 5.72. The van der Waals surface area contributed by atoms with Gasteiger partial charge in [0.25, 0.3) is 0 Å². The fourth-order valence-electron chi connectivity index (χ4n) is 2.94. The summed E-state index contributed by atoms with van der Waals surface area (Å²) in [5.74, 6) is 0.00842. The maximum absolute atomic E-state index is 11.8. The van der Waals surface area contributed by atoms with E-state index < -0.39 is 0 Å². The molecule has 4 heteroatoms. The van der Waals surface area contributed by atoms with Crippen LogP contribution in [0.1, 0.15) is 67.7 Å². The first-order chi connectivity index (χ1) is 11.1. The summed E-state index contributed by atoms with van der Waals surface area (Å²) in [6, 6.07) is 0. The number of hydrogen-bond acceptors (Lipinski definition) is 4. The molecule has 0 heterocycles. The highest BCUT2D eigenvalue weighted by Crippen LogP contribution is 2.52. The van der Waals surface area contributed by atoms with E-state index in [0.717, 1.165) is 24.8 Å². The molecule has 0 bridgehead atoms. The van der Waals surface area contributed by atoms with Gasteiger partial charge in [-0.2, -0.15) is 0 Å². The van der Waals surface area contributed by atoms with Gasteiger partial charge < -0.3 is 9.47 Å². The van der Waals surface area contributed by atoms with Crippen molar-refractivity contribution in [3.63, 3.8) is 0 Å². The van der Waals surface area contributed by atoms with Gasteiger partial charge in [0.15, 0.2) is 0 Å². The van der Waals surface area contributed by atoms with Gasteiger partial charge in [-0.3, -0.25) is 9.59 Å². The molecule has 0 saturated heterocycles. The molecular formula is C20H34O4. The Hall–Kier alpha value is -1.32. The summed E-state index contributed by atoms with van der Waals surface area (Å²) < 4.78 is 10.9. The minimum atomic E-state index is -0.131. The number of hydrogen-bond donors (Lipinski definition) is 0. The van der Waals surface area contributed by atoms with Gasteiger partial charge in [0, 0.05) is 5.92 Å². The third-order valence-corrected chi connectivity index (χ3v) is 5.65. The van der Waals surface area contributed by atoms with Gasteiger partial charge in [-0.05, 0) is 37.2 Å². The Labute approximate surface area is 147 Å². The summed E-state index contributed by atoms with van der Waals surface area (Å²) >= 11 is 0. The molecule has 1 aliphatic carbocycles. The minimum absolute atomic E-state index is 0.0113. The summed E-state index contributed by atoms with van der Waals surface area (Å²) in [6.07, 6.45) is 2.51. The van der Waals surface area contributed by atoms with Crippen LogP contribution in [-0.2, 0) is 19.1 Å². The second-order valence-electron chi connectivity index (χ2n) is 7.74. The van der Waals surface area contributed by atoms with Crippen LogP contribution in [0.25, 0.3) is 0 Å². The third-order valence-electron chi connectivity index (χ3n) is 5.65. The van der Waals surface area contributed by atoms with Gasteiger partial charge >= 0.3 is 11.9 Å². The summed E-state index contributed by atoms with van der Waals surface area (Å²) in [4.78, 5) is 23.6. The maximum atomic E-state index is 11.8. The first-order valence-electron chi connectivity index (χ1n) is 9.17. The Kier molecular flexibility index (Phi) is 7.50. The molecule has 0 aliphatic heterocycles. The van der Waals surface area contributed by atoms with E-state index in [1.165, 1.54) is 5.57 Å². The summed E-state index contributed by atoms with van der Waals surface area (Å²) in [7, 11) is 0. The van der Waals surface area contributed by atoms with E-state index in [-0.39, 0.29) is 29.2 Å². The lowest BCUT2D eigenvalue weighted by Crippen LogP contribution is -2.42. The molecule has 1 saturated carbocycles. The zero-order chi connectivity index (χ0) is 18.5. The van der Waals surface area contributed by atoms with Crippen LogP contribution in [0.2, 0.25) is 0 Å². The third kappa shape index (κ3) is 4.84. The summed E-state index contributed by atoms with van der Waals surface area (Å²) in [5, 5.41) is 0. The van der Waals surface area contributed by atoms with Crippen molar-refractivity contribution in [2.45, 2.75) is 67.7 Å². The molecule has 3 unspecified atom stereocenters. The van der Waals surface area contributed by atoms with Crippen LogP contribution < -0.4 is 0 Å².